The van der Waals surface area contributed by atoms with Crippen LogP contribution in [-0.4, -0.2) is 12.5 Å². The molecule has 1 aliphatic rings. The zero-order chi connectivity index (χ0) is 11.7. The lowest BCUT2D eigenvalue weighted by Crippen LogP contribution is -2.10. The summed E-state index contributed by atoms with van der Waals surface area (Å²) in [6, 6.07) is 7.54. The number of hydrogen-bond acceptors (Lipinski definition) is 3. The molecule has 0 aliphatic carbocycles. The van der Waals surface area contributed by atoms with Gasteiger partial charge in [0, 0.05) is 17.9 Å². The van der Waals surface area contributed by atoms with Crippen molar-refractivity contribution < 1.29 is 9.21 Å². The Morgan fingerprint density at radius 3 is 3.12 bits per heavy atom. The second kappa shape index (κ2) is 3.97. The molecular formula is C13H12N2O2. The Morgan fingerprint density at radius 2 is 2.29 bits per heavy atom. The highest BCUT2D eigenvalue weighted by atomic mass is 16.3. The van der Waals surface area contributed by atoms with Gasteiger partial charge in [0.15, 0.2) is 0 Å². The molecule has 4 nitrogen and oxygen atoms in total. The maximum Gasteiger partial charge on any atom is 0.258 e. The third-order valence-electron chi connectivity index (χ3n) is 2.86. The molecule has 0 unspecified atom stereocenters. The van der Waals surface area contributed by atoms with Gasteiger partial charge >= 0.3 is 0 Å². The second-order valence-electron chi connectivity index (χ2n) is 4.01. The highest BCUT2D eigenvalue weighted by Gasteiger charge is 2.12. The van der Waals surface area contributed by atoms with Crippen molar-refractivity contribution in [1.29, 1.82) is 0 Å². The molecule has 0 saturated carbocycles. The van der Waals surface area contributed by atoms with Gasteiger partial charge in [0.05, 0.1) is 11.8 Å². The fourth-order valence-electron chi connectivity index (χ4n) is 1.98. The van der Waals surface area contributed by atoms with E-state index in [9.17, 15) is 4.79 Å². The van der Waals surface area contributed by atoms with E-state index in [4.69, 9.17) is 4.42 Å². The van der Waals surface area contributed by atoms with Gasteiger partial charge in [-0.3, -0.25) is 4.79 Å². The third-order valence-corrected chi connectivity index (χ3v) is 2.86. The SMILES string of the molecule is O=C(Nc1ccc2c(c1)CCN2)c1ccoc1. The summed E-state index contributed by atoms with van der Waals surface area (Å²) in [4.78, 5) is 11.8. The summed E-state index contributed by atoms with van der Waals surface area (Å²) < 4.78 is 4.88. The summed E-state index contributed by atoms with van der Waals surface area (Å²) in [5, 5.41) is 6.13. The summed E-state index contributed by atoms with van der Waals surface area (Å²) in [5.74, 6) is -0.148. The minimum Gasteiger partial charge on any atom is -0.472 e. The van der Waals surface area contributed by atoms with Crippen LogP contribution in [0.2, 0.25) is 0 Å². The van der Waals surface area contributed by atoms with Gasteiger partial charge in [-0.15, -0.1) is 0 Å². The summed E-state index contributed by atoms with van der Waals surface area (Å²) in [6.45, 7) is 0.967. The minimum absolute atomic E-state index is 0.148. The number of rotatable bonds is 2. The number of fused-ring (bicyclic) bond motifs is 1. The molecule has 0 fully saturated rings. The first-order chi connectivity index (χ1) is 8.33. The molecule has 1 aromatic carbocycles. The molecule has 86 valence electrons. The molecule has 4 heteroatoms. The van der Waals surface area contributed by atoms with Crippen LogP contribution < -0.4 is 10.6 Å². The van der Waals surface area contributed by atoms with Gasteiger partial charge in [-0.05, 0) is 36.2 Å². The van der Waals surface area contributed by atoms with Crippen molar-refractivity contribution in [3.63, 3.8) is 0 Å². The molecule has 1 aliphatic heterocycles. The lowest BCUT2D eigenvalue weighted by atomic mass is 10.1. The van der Waals surface area contributed by atoms with Crippen LogP contribution in [0.25, 0.3) is 0 Å². The predicted octanol–water partition coefficient (Wildman–Crippen LogP) is 2.50. The third kappa shape index (κ3) is 1.89. The number of carbonyl (C=O) groups is 1. The highest BCUT2D eigenvalue weighted by Crippen LogP contribution is 2.25. The number of nitrogens with one attached hydrogen (secondary N) is 2. The number of benzene rings is 1. The molecule has 17 heavy (non-hydrogen) atoms. The molecule has 2 heterocycles. The first kappa shape index (κ1) is 9.96. The lowest BCUT2D eigenvalue weighted by molar-refractivity contribution is 0.102. The van der Waals surface area contributed by atoms with Crippen molar-refractivity contribution in [3.05, 3.63) is 47.9 Å². The number of carbonyl (C=O) groups excluding carboxylic acids is 1. The maximum atomic E-state index is 11.8. The van der Waals surface area contributed by atoms with Gasteiger partial charge in [0.2, 0.25) is 0 Å². The quantitative estimate of drug-likeness (QED) is 0.830. The van der Waals surface area contributed by atoms with E-state index in [2.05, 4.69) is 10.6 Å². The van der Waals surface area contributed by atoms with E-state index in [1.54, 1.807) is 6.07 Å². The van der Waals surface area contributed by atoms with E-state index in [1.165, 1.54) is 18.1 Å². The monoisotopic (exact) mass is 228 g/mol. The molecule has 0 saturated heterocycles. The zero-order valence-corrected chi connectivity index (χ0v) is 9.19. The summed E-state index contributed by atoms with van der Waals surface area (Å²) in [7, 11) is 0. The zero-order valence-electron chi connectivity index (χ0n) is 9.19. The van der Waals surface area contributed by atoms with Crippen LogP contribution in [0.5, 0.6) is 0 Å². The van der Waals surface area contributed by atoms with Gasteiger partial charge in [-0.2, -0.15) is 0 Å². The molecule has 2 N–H and O–H groups in total. The van der Waals surface area contributed by atoms with Crippen LogP contribution in [0, 0.1) is 0 Å². The Bertz CT molecular complexity index is 547. The molecule has 0 spiro atoms. The summed E-state index contributed by atoms with van der Waals surface area (Å²) in [6.07, 6.45) is 3.93. The Morgan fingerprint density at radius 1 is 1.35 bits per heavy atom. The number of furan rings is 1. The van der Waals surface area contributed by atoms with E-state index < -0.39 is 0 Å². The smallest absolute Gasteiger partial charge is 0.258 e. The first-order valence-corrected chi connectivity index (χ1v) is 5.53. The van der Waals surface area contributed by atoms with Gasteiger partial charge in [0.1, 0.15) is 6.26 Å². The molecule has 3 rings (SSSR count). The summed E-state index contributed by atoms with van der Waals surface area (Å²) >= 11 is 0. The molecule has 2 aromatic rings. The van der Waals surface area contributed by atoms with Crippen molar-refractivity contribution in [2.45, 2.75) is 6.42 Å². The van der Waals surface area contributed by atoms with Crippen LogP contribution in [0.3, 0.4) is 0 Å². The molecule has 1 aromatic heterocycles. The number of amides is 1. The fourth-order valence-corrected chi connectivity index (χ4v) is 1.98. The van der Waals surface area contributed by atoms with Crippen LogP contribution in [0.1, 0.15) is 15.9 Å². The van der Waals surface area contributed by atoms with Gasteiger partial charge in [-0.25, -0.2) is 0 Å². The molecule has 0 atom stereocenters. The van der Waals surface area contributed by atoms with Crippen molar-refractivity contribution in [1.82, 2.24) is 0 Å². The van der Waals surface area contributed by atoms with E-state index in [1.807, 2.05) is 18.2 Å². The van der Waals surface area contributed by atoms with Gasteiger partial charge < -0.3 is 15.1 Å². The number of anilines is 2. The molecule has 0 radical (unpaired) electrons. The van der Waals surface area contributed by atoms with Crippen LogP contribution in [0.4, 0.5) is 11.4 Å². The standard InChI is InChI=1S/C13H12N2O2/c16-13(10-4-6-17-8-10)15-11-1-2-12-9(7-11)3-5-14-12/h1-2,4,6-8,14H,3,5H2,(H,15,16). The van der Waals surface area contributed by atoms with E-state index in [0.717, 1.165) is 24.3 Å². The van der Waals surface area contributed by atoms with E-state index >= 15 is 0 Å². The Labute approximate surface area is 98.6 Å². The normalized spacial score (nSPS) is 12.9. The van der Waals surface area contributed by atoms with Gasteiger partial charge in [-0.1, -0.05) is 0 Å². The molecule has 1 amide bonds. The average molecular weight is 228 g/mol. The Hall–Kier alpha value is -2.23. The van der Waals surface area contributed by atoms with Crippen molar-refractivity contribution >= 4 is 17.3 Å². The predicted molar refractivity (Wildman–Crippen MR) is 65.3 cm³/mol. The van der Waals surface area contributed by atoms with Crippen LogP contribution in [-0.2, 0) is 6.42 Å². The largest absolute Gasteiger partial charge is 0.472 e. The minimum atomic E-state index is -0.148. The Kier molecular flexibility index (Phi) is 2.33. The molecular weight excluding hydrogens is 216 g/mol. The van der Waals surface area contributed by atoms with Gasteiger partial charge in [0.25, 0.3) is 5.91 Å². The lowest BCUT2D eigenvalue weighted by Gasteiger charge is -2.06. The van der Waals surface area contributed by atoms with Crippen LogP contribution in [0.15, 0.2) is 41.2 Å². The fraction of sp³-hybridized carbons (Fsp3) is 0.154. The second-order valence-corrected chi connectivity index (χ2v) is 4.01. The highest BCUT2D eigenvalue weighted by molar-refractivity contribution is 6.04. The summed E-state index contributed by atoms with van der Waals surface area (Å²) in [5.41, 5.74) is 3.75. The average Bonchev–Trinajstić information content (AvgIpc) is 2.99. The number of hydrogen-bond donors (Lipinski definition) is 2. The first-order valence-electron chi connectivity index (χ1n) is 5.53. The Balaban J connectivity index is 1.80. The topological polar surface area (TPSA) is 54.3 Å². The van der Waals surface area contributed by atoms with Crippen LogP contribution >= 0.6 is 0 Å². The molecule has 0 bridgehead atoms. The van der Waals surface area contributed by atoms with Crippen molar-refractivity contribution in [2.24, 2.45) is 0 Å². The van der Waals surface area contributed by atoms with E-state index in [-0.39, 0.29) is 5.91 Å². The van der Waals surface area contributed by atoms with E-state index in [0.29, 0.717) is 5.56 Å². The maximum absolute atomic E-state index is 11.8. The van der Waals surface area contributed by atoms with Crippen molar-refractivity contribution in [2.75, 3.05) is 17.2 Å². The van der Waals surface area contributed by atoms with Crippen molar-refractivity contribution in [3.8, 4) is 0 Å².